The standard InChI is InChI=1S/C16H16F2IN/c1-3-20-16(11-6-4-5-7-15(11)19)12-8-10(2)13(17)9-14(12)18/h4-9,16,20H,3H2,1-2H3. The number of hydrogen-bond acceptors (Lipinski definition) is 1. The zero-order valence-electron chi connectivity index (χ0n) is 11.4. The van der Waals surface area contributed by atoms with Gasteiger partial charge in [-0.2, -0.15) is 0 Å². The van der Waals surface area contributed by atoms with Gasteiger partial charge in [-0.25, -0.2) is 8.78 Å². The third-order valence-electron chi connectivity index (χ3n) is 3.21. The molecule has 0 saturated carbocycles. The largest absolute Gasteiger partial charge is 0.306 e. The Balaban J connectivity index is 2.54. The first-order valence-electron chi connectivity index (χ1n) is 6.48. The zero-order chi connectivity index (χ0) is 14.7. The van der Waals surface area contributed by atoms with Crippen LogP contribution in [0, 0.1) is 22.1 Å². The molecule has 0 saturated heterocycles. The molecule has 0 aliphatic carbocycles. The molecule has 1 atom stereocenters. The lowest BCUT2D eigenvalue weighted by Gasteiger charge is -2.21. The van der Waals surface area contributed by atoms with Gasteiger partial charge in [-0.1, -0.05) is 25.1 Å². The van der Waals surface area contributed by atoms with E-state index in [1.807, 2.05) is 31.2 Å². The maximum absolute atomic E-state index is 14.1. The van der Waals surface area contributed by atoms with Gasteiger partial charge in [-0.3, -0.25) is 0 Å². The second-order valence-electron chi connectivity index (χ2n) is 4.64. The summed E-state index contributed by atoms with van der Waals surface area (Å²) in [6, 6.07) is 10.1. The number of rotatable bonds is 4. The third kappa shape index (κ3) is 3.17. The molecule has 0 amide bonds. The van der Waals surface area contributed by atoms with Crippen LogP contribution < -0.4 is 5.32 Å². The lowest BCUT2D eigenvalue weighted by Crippen LogP contribution is -2.24. The van der Waals surface area contributed by atoms with E-state index in [0.717, 1.165) is 15.2 Å². The molecular weight excluding hydrogens is 371 g/mol. The van der Waals surface area contributed by atoms with Crippen molar-refractivity contribution < 1.29 is 8.78 Å². The molecule has 2 aromatic carbocycles. The molecule has 1 unspecified atom stereocenters. The van der Waals surface area contributed by atoms with E-state index < -0.39 is 11.6 Å². The summed E-state index contributed by atoms with van der Waals surface area (Å²) in [5.41, 5.74) is 1.94. The molecule has 0 radical (unpaired) electrons. The average molecular weight is 387 g/mol. The highest BCUT2D eigenvalue weighted by Gasteiger charge is 2.20. The highest BCUT2D eigenvalue weighted by Crippen LogP contribution is 2.29. The number of halogens is 3. The van der Waals surface area contributed by atoms with Crippen LogP contribution in [0.25, 0.3) is 0 Å². The van der Waals surface area contributed by atoms with E-state index in [1.54, 1.807) is 13.0 Å². The van der Waals surface area contributed by atoms with Gasteiger partial charge >= 0.3 is 0 Å². The first kappa shape index (κ1) is 15.4. The van der Waals surface area contributed by atoms with Crippen molar-refractivity contribution in [2.75, 3.05) is 6.54 Å². The predicted octanol–water partition coefficient (Wildman–Crippen LogP) is 4.58. The van der Waals surface area contributed by atoms with Crippen LogP contribution in [0.3, 0.4) is 0 Å². The molecule has 2 rings (SSSR count). The van der Waals surface area contributed by atoms with Crippen LogP contribution in [-0.4, -0.2) is 6.54 Å². The summed E-state index contributed by atoms with van der Waals surface area (Å²) < 4.78 is 28.6. The number of benzene rings is 2. The Hall–Kier alpha value is -1.01. The van der Waals surface area contributed by atoms with E-state index in [1.165, 1.54) is 0 Å². The molecule has 106 valence electrons. The molecule has 0 aromatic heterocycles. The van der Waals surface area contributed by atoms with Crippen molar-refractivity contribution in [3.8, 4) is 0 Å². The highest BCUT2D eigenvalue weighted by atomic mass is 127. The van der Waals surface area contributed by atoms with Crippen LogP contribution in [0.4, 0.5) is 8.78 Å². The normalized spacial score (nSPS) is 12.4. The Morgan fingerprint density at radius 3 is 2.45 bits per heavy atom. The third-order valence-corrected chi connectivity index (χ3v) is 4.20. The summed E-state index contributed by atoms with van der Waals surface area (Å²) in [5.74, 6) is -1.03. The molecule has 0 spiro atoms. The topological polar surface area (TPSA) is 12.0 Å². The fraction of sp³-hybridized carbons (Fsp3) is 0.250. The summed E-state index contributed by atoms with van der Waals surface area (Å²) in [4.78, 5) is 0. The minimum absolute atomic E-state index is 0.271. The second kappa shape index (κ2) is 6.63. The van der Waals surface area contributed by atoms with E-state index >= 15 is 0 Å². The molecule has 20 heavy (non-hydrogen) atoms. The van der Waals surface area contributed by atoms with Crippen LogP contribution in [0.15, 0.2) is 36.4 Å². The summed E-state index contributed by atoms with van der Waals surface area (Å²) >= 11 is 2.23. The monoisotopic (exact) mass is 387 g/mol. The molecule has 0 aliphatic heterocycles. The molecule has 0 heterocycles. The molecule has 1 N–H and O–H groups in total. The number of nitrogens with one attached hydrogen (secondary N) is 1. The minimum Gasteiger partial charge on any atom is -0.306 e. The van der Waals surface area contributed by atoms with Gasteiger partial charge in [0.25, 0.3) is 0 Å². The summed E-state index contributed by atoms with van der Waals surface area (Å²) in [5, 5.41) is 3.28. The first-order valence-corrected chi connectivity index (χ1v) is 7.55. The smallest absolute Gasteiger partial charge is 0.131 e. The van der Waals surface area contributed by atoms with Crippen molar-refractivity contribution in [3.63, 3.8) is 0 Å². The molecule has 0 aliphatic rings. The zero-order valence-corrected chi connectivity index (χ0v) is 13.5. The maximum atomic E-state index is 14.1. The van der Waals surface area contributed by atoms with Crippen molar-refractivity contribution in [3.05, 3.63) is 68.3 Å². The van der Waals surface area contributed by atoms with Crippen molar-refractivity contribution in [2.24, 2.45) is 0 Å². The fourth-order valence-corrected chi connectivity index (χ4v) is 2.90. The number of hydrogen-bond donors (Lipinski definition) is 1. The summed E-state index contributed by atoms with van der Waals surface area (Å²) in [7, 11) is 0. The van der Waals surface area contributed by atoms with E-state index in [0.29, 0.717) is 17.7 Å². The molecule has 1 nitrogen and oxygen atoms in total. The van der Waals surface area contributed by atoms with Gasteiger partial charge in [0.15, 0.2) is 0 Å². The highest BCUT2D eigenvalue weighted by molar-refractivity contribution is 14.1. The maximum Gasteiger partial charge on any atom is 0.131 e. The summed E-state index contributed by atoms with van der Waals surface area (Å²) in [6.45, 7) is 4.32. The van der Waals surface area contributed by atoms with E-state index in [2.05, 4.69) is 27.9 Å². The predicted molar refractivity (Wildman–Crippen MR) is 85.8 cm³/mol. The second-order valence-corrected chi connectivity index (χ2v) is 5.80. The van der Waals surface area contributed by atoms with Gasteiger partial charge < -0.3 is 5.32 Å². The fourth-order valence-electron chi connectivity index (χ4n) is 2.20. The number of aryl methyl sites for hydroxylation is 1. The Morgan fingerprint density at radius 1 is 1.10 bits per heavy atom. The van der Waals surface area contributed by atoms with Gasteiger partial charge in [0.2, 0.25) is 0 Å². The van der Waals surface area contributed by atoms with Gasteiger partial charge in [-0.15, -0.1) is 0 Å². The van der Waals surface area contributed by atoms with Crippen molar-refractivity contribution in [1.82, 2.24) is 5.32 Å². The SMILES string of the molecule is CCNC(c1cc(C)c(F)cc1F)c1ccccc1I. The summed E-state index contributed by atoms with van der Waals surface area (Å²) in [6.07, 6.45) is 0. The first-order chi connectivity index (χ1) is 9.54. The van der Waals surface area contributed by atoms with E-state index in [9.17, 15) is 8.78 Å². The Morgan fingerprint density at radius 2 is 1.80 bits per heavy atom. The van der Waals surface area contributed by atoms with E-state index in [-0.39, 0.29) is 6.04 Å². The Bertz CT molecular complexity index is 613. The lowest BCUT2D eigenvalue weighted by atomic mass is 9.96. The lowest BCUT2D eigenvalue weighted by molar-refractivity contribution is 0.537. The van der Waals surface area contributed by atoms with Gasteiger partial charge in [0, 0.05) is 15.2 Å². The van der Waals surface area contributed by atoms with E-state index in [4.69, 9.17) is 0 Å². The Labute approximate surface area is 131 Å². The van der Waals surface area contributed by atoms with Gasteiger partial charge in [0.05, 0.1) is 6.04 Å². The van der Waals surface area contributed by atoms with Crippen LogP contribution in [-0.2, 0) is 0 Å². The van der Waals surface area contributed by atoms with Crippen LogP contribution in [0.1, 0.15) is 29.7 Å². The van der Waals surface area contributed by atoms with Gasteiger partial charge in [0.1, 0.15) is 11.6 Å². The van der Waals surface area contributed by atoms with Crippen LogP contribution in [0.2, 0.25) is 0 Å². The van der Waals surface area contributed by atoms with Crippen molar-refractivity contribution in [1.29, 1.82) is 0 Å². The minimum atomic E-state index is -0.515. The Kier molecular flexibility index (Phi) is 5.10. The van der Waals surface area contributed by atoms with Crippen molar-refractivity contribution in [2.45, 2.75) is 19.9 Å². The molecule has 4 heteroatoms. The molecule has 0 bridgehead atoms. The van der Waals surface area contributed by atoms with Crippen molar-refractivity contribution >= 4 is 22.6 Å². The quantitative estimate of drug-likeness (QED) is 0.758. The molecule has 2 aromatic rings. The van der Waals surface area contributed by atoms with Gasteiger partial charge in [-0.05, 0) is 59.3 Å². The van der Waals surface area contributed by atoms with Crippen LogP contribution >= 0.6 is 22.6 Å². The van der Waals surface area contributed by atoms with Crippen LogP contribution in [0.5, 0.6) is 0 Å². The molecule has 0 fully saturated rings. The average Bonchev–Trinajstić information content (AvgIpc) is 2.42. The molecular formula is C16H16F2IN.